The minimum atomic E-state index is -3.87. The molecule has 0 aliphatic carbocycles. The van der Waals surface area contributed by atoms with Gasteiger partial charge in [-0.15, -0.1) is 0 Å². The second-order valence-electron chi connectivity index (χ2n) is 7.91. The van der Waals surface area contributed by atoms with E-state index < -0.39 is 22.0 Å². The molecular formula is C23H27N3O5S. The molecule has 2 aromatic carbocycles. The van der Waals surface area contributed by atoms with Crippen molar-refractivity contribution in [3.05, 3.63) is 60.2 Å². The Balaban J connectivity index is 1.75. The lowest BCUT2D eigenvalue weighted by molar-refractivity contribution is -0.118. The average molecular weight is 458 g/mol. The van der Waals surface area contributed by atoms with Crippen LogP contribution in [0.15, 0.2) is 64.0 Å². The number of aryl methyl sites for hydroxylation is 1. The number of sulfonamides is 1. The number of hydrogen-bond donors (Lipinski definition) is 2. The molecule has 1 aromatic heterocycles. The van der Waals surface area contributed by atoms with Crippen molar-refractivity contribution in [1.29, 1.82) is 0 Å². The van der Waals surface area contributed by atoms with E-state index in [0.717, 1.165) is 11.1 Å². The third-order valence-corrected chi connectivity index (χ3v) is 6.28. The van der Waals surface area contributed by atoms with Gasteiger partial charge in [-0.25, -0.2) is 8.42 Å². The third-order valence-electron chi connectivity index (χ3n) is 4.79. The summed E-state index contributed by atoms with van der Waals surface area (Å²) in [5.74, 6) is 0.398. The number of methoxy groups -OCH3 is 1. The quantitative estimate of drug-likeness (QED) is 0.503. The van der Waals surface area contributed by atoms with Crippen LogP contribution in [0.5, 0.6) is 5.75 Å². The Bertz CT molecular complexity index is 1150. The SMILES string of the molecule is COc1ccc(-c2cc(NC(=O)C(CC(C)C)NS(=O)(=O)c3ccc(C)cc3)on2)cc1. The molecule has 0 fully saturated rings. The highest BCUT2D eigenvalue weighted by Gasteiger charge is 2.27. The van der Waals surface area contributed by atoms with E-state index in [1.165, 1.54) is 12.1 Å². The molecule has 170 valence electrons. The molecule has 8 nitrogen and oxygen atoms in total. The summed E-state index contributed by atoms with van der Waals surface area (Å²) in [6.45, 7) is 5.70. The molecule has 0 saturated heterocycles. The molecule has 1 atom stereocenters. The van der Waals surface area contributed by atoms with E-state index >= 15 is 0 Å². The highest BCUT2D eigenvalue weighted by atomic mass is 32.2. The number of amides is 1. The molecule has 1 unspecified atom stereocenters. The first-order valence-electron chi connectivity index (χ1n) is 10.2. The highest BCUT2D eigenvalue weighted by molar-refractivity contribution is 7.89. The van der Waals surface area contributed by atoms with Crippen LogP contribution in [-0.4, -0.2) is 32.6 Å². The van der Waals surface area contributed by atoms with E-state index in [4.69, 9.17) is 9.26 Å². The van der Waals surface area contributed by atoms with Gasteiger partial charge in [0, 0.05) is 11.6 Å². The summed E-state index contributed by atoms with van der Waals surface area (Å²) in [5.41, 5.74) is 2.26. The first-order chi connectivity index (χ1) is 15.2. The van der Waals surface area contributed by atoms with Crippen molar-refractivity contribution in [3.63, 3.8) is 0 Å². The van der Waals surface area contributed by atoms with Gasteiger partial charge in [-0.1, -0.05) is 36.7 Å². The number of carbonyl (C=O) groups excluding carboxylic acids is 1. The predicted octanol–water partition coefficient (Wildman–Crippen LogP) is 3.99. The number of hydrogen-bond acceptors (Lipinski definition) is 6. The van der Waals surface area contributed by atoms with Gasteiger partial charge >= 0.3 is 0 Å². The van der Waals surface area contributed by atoms with Crippen molar-refractivity contribution in [3.8, 4) is 17.0 Å². The zero-order valence-electron chi connectivity index (χ0n) is 18.5. The maximum atomic E-state index is 12.9. The number of ether oxygens (including phenoxy) is 1. The molecule has 32 heavy (non-hydrogen) atoms. The van der Waals surface area contributed by atoms with Gasteiger partial charge in [-0.3, -0.25) is 10.1 Å². The first kappa shape index (κ1) is 23.5. The summed E-state index contributed by atoms with van der Waals surface area (Å²) in [6.07, 6.45) is 0.316. The number of rotatable bonds is 9. The number of benzene rings is 2. The van der Waals surface area contributed by atoms with Crippen LogP contribution in [0, 0.1) is 12.8 Å². The van der Waals surface area contributed by atoms with Crippen LogP contribution >= 0.6 is 0 Å². The third kappa shape index (κ3) is 5.95. The van der Waals surface area contributed by atoms with Gasteiger partial charge in [0.25, 0.3) is 0 Å². The molecule has 3 rings (SSSR count). The summed E-state index contributed by atoms with van der Waals surface area (Å²) in [6, 6.07) is 14.3. The van der Waals surface area contributed by atoms with E-state index in [9.17, 15) is 13.2 Å². The Kier molecular flexibility index (Phi) is 7.32. The van der Waals surface area contributed by atoms with E-state index in [1.54, 1.807) is 37.4 Å². The van der Waals surface area contributed by atoms with Crippen LogP contribution in [0.3, 0.4) is 0 Å². The Morgan fingerprint density at radius 1 is 1.09 bits per heavy atom. The van der Waals surface area contributed by atoms with Crippen LogP contribution in [0.2, 0.25) is 0 Å². The Morgan fingerprint density at radius 3 is 2.34 bits per heavy atom. The van der Waals surface area contributed by atoms with E-state index in [1.807, 2.05) is 32.9 Å². The standard InChI is InChI=1S/C23H27N3O5S/c1-15(2)13-21(26-32(28,29)19-11-5-16(3)6-12-19)23(27)24-22-14-20(25-31-22)17-7-9-18(30-4)10-8-17/h5-12,14-15,21,26H,13H2,1-4H3,(H,24,27). The fourth-order valence-electron chi connectivity index (χ4n) is 3.09. The largest absolute Gasteiger partial charge is 0.497 e. The molecule has 0 aliphatic heterocycles. The topological polar surface area (TPSA) is 111 Å². The van der Waals surface area contributed by atoms with Crippen molar-refractivity contribution < 1.29 is 22.5 Å². The van der Waals surface area contributed by atoms with Gasteiger partial charge in [0.05, 0.1) is 12.0 Å². The van der Waals surface area contributed by atoms with Gasteiger partial charge < -0.3 is 9.26 Å². The molecular weight excluding hydrogens is 430 g/mol. The second-order valence-corrected chi connectivity index (χ2v) is 9.62. The minimum Gasteiger partial charge on any atom is -0.497 e. The molecule has 0 saturated carbocycles. The van der Waals surface area contributed by atoms with Crippen LogP contribution in [0.25, 0.3) is 11.3 Å². The van der Waals surface area contributed by atoms with Crippen LogP contribution in [0.1, 0.15) is 25.8 Å². The van der Waals surface area contributed by atoms with E-state index in [0.29, 0.717) is 17.9 Å². The van der Waals surface area contributed by atoms with Gasteiger partial charge in [0.15, 0.2) is 0 Å². The maximum absolute atomic E-state index is 12.9. The Labute approximate surface area is 188 Å². The molecule has 9 heteroatoms. The lowest BCUT2D eigenvalue weighted by Gasteiger charge is -2.19. The summed E-state index contributed by atoms with van der Waals surface area (Å²) in [5, 5.41) is 6.60. The van der Waals surface area contributed by atoms with Gasteiger partial charge in [0.2, 0.25) is 21.8 Å². The summed E-state index contributed by atoms with van der Waals surface area (Å²) in [4.78, 5) is 13.0. The van der Waals surface area contributed by atoms with Gasteiger partial charge in [-0.2, -0.15) is 4.72 Å². The Morgan fingerprint density at radius 2 is 1.75 bits per heavy atom. The predicted molar refractivity (Wildman–Crippen MR) is 122 cm³/mol. The first-order valence-corrected chi connectivity index (χ1v) is 11.7. The van der Waals surface area contributed by atoms with Crippen molar-refractivity contribution in [2.45, 2.75) is 38.1 Å². The maximum Gasteiger partial charge on any atom is 0.244 e. The lowest BCUT2D eigenvalue weighted by atomic mass is 10.0. The molecule has 0 aliphatic rings. The molecule has 2 N–H and O–H groups in total. The van der Waals surface area contributed by atoms with Crippen molar-refractivity contribution >= 4 is 21.8 Å². The highest BCUT2D eigenvalue weighted by Crippen LogP contribution is 2.24. The summed E-state index contributed by atoms with van der Waals surface area (Å²) < 4.78 is 38.5. The van der Waals surface area contributed by atoms with E-state index in [2.05, 4.69) is 15.2 Å². The molecule has 1 amide bonds. The number of anilines is 1. The number of nitrogens with one attached hydrogen (secondary N) is 2. The van der Waals surface area contributed by atoms with E-state index in [-0.39, 0.29) is 16.7 Å². The van der Waals surface area contributed by atoms with Gasteiger partial charge in [0.1, 0.15) is 17.5 Å². The van der Waals surface area contributed by atoms with Crippen LogP contribution in [-0.2, 0) is 14.8 Å². The Hall–Kier alpha value is -3.17. The fourth-order valence-corrected chi connectivity index (χ4v) is 4.30. The van der Waals surface area contributed by atoms with Crippen LogP contribution in [0.4, 0.5) is 5.88 Å². The number of aromatic nitrogens is 1. The minimum absolute atomic E-state index is 0.0797. The van der Waals surface area contributed by atoms with Crippen molar-refractivity contribution in [2.75, 3.05) is 12.4 Å². The number of carbonyl (C=O) groups is 1. The van der Waals surface area contributed by atoms with Crippen LogP contribution < -0.4 is 14.8 Å². The lowest BCUT2D eigenvalue weighted by Crippen LogP contribution is -2.44. The molecule has 0 spiro atoms. The smallest absolute Gasteiger partial charge is 0.244 e. The summed E-state index contributed by atoms with van der Waals surface area (Å²) >= 11 is 0. The zero-order valence-corrected chi connectivity index (χ0v) is 19.3. The normalized spacial score (nSPS) is 12.5. The van der Waals surface area contributed by atoms with Crippen molar-refractivity contribution in [1.82, 2.24) is 9.88 Å². The monoisotopic (exact) mass is 457 g/mol. The molecule has 1 heterocycles. The summed E-state index contributed by atoms with van der Waals surface area (Å²) in [7, 11) is -2.29. The number of nitrogens with zero attached hydrogens (tertiary/aromatic N) is 1. The van der Waals surface area contributed by atoms with Gasteiger partial charge in [-0.05, 0) is 55.7 Å². The fraction of sp³-hybridized carbons (Fsp3) is 0.304. The molecule has 0 radical (unpaired) electrons. The van der Waals surface area contributed by atoms with Crippen molar-refractivity contribution in [2.24, 2.45) is 5.92 Å². The average Bonchev–Trinajstić information content (AvgIpc) is 3.21. The zero-order chi connectivity index (χ0) is 23.3. The molecule has 3 aromatic rings. The second kappa shape index (κ2) is 9.97. The molecule has 0 bridgehead atoms.